The number of hydrogen-bond acceptors (Lipinski definition) is 5. The van der Waals surface area contributed by atoms with Crippen molar-refractivity contribution in [1.29, 1.82) is 0 Å². The number of amides is 2. The molecule has 0 aromatic heterocycles. The lowest BCUT2D eigenvalue weighted by atomic mass is 9.91. The summed E-state index contributed by atoms with van der Waals surface area (Å²) < 4.78 is 0. The Labute approximate surface area is 156 Å². The van der Waals surface area contributed by atoms with Crippen LogP contribution < -0.4 is 10.8 Å². The Hall–Kier alpha value is -3.10. The molecule has 0 fully saturated rings. The molecule has 0 aliphatic rings. The predicted octanol–water partition coefficient (Wildman–Crippen LogP) is 1.96. The van der Waals surface area contributed by atoms with Crippen molar-refractivity contribution in [3.63, 3.8) is 0 Å². The summed E-state index contributed by atoms with van der Waals surface area (Å²) in [6.07, 6.45) is -0.434. The number of aliphatic carboxylic acids is 1. The molecule has 9 nitrogen and oxygen atoms in total. The summed E-state index contributed by atoms with van der Waals surface area (Å²) in [4.78, 5) is 49.7. The third kappa shape index (κ3) is 9.24. The summed E-state index contributed by atoms with van der Waals surface area (Å²) >= 11 is 0. The van der Waals surface area contributed by atoms with Gasteiger partial charge in [0.25, 0.3) is 5.91 Å². The minimum Gasteiger partial charge on any atom is -0.481 e. The standard InChI is InChI=1S/C18H24N2O7/c1-11(2)19-18(26)27-20-15(21)7-6-13(10-16(22)23)8-12-4-3-5-14(9-12)17(24)25/h3-5,9,11,13H,6-8,10H2,1-2H3,(H,19,26)(H,20,21)(H,22,23)(H,24,25). The highest BCUT2D eigenvalue weighted by molar-refractivity contribution is 5.87. The predicted molar refractivity (Wildman–Crippen MR) is 95.0 cm³/mol. The second kappa shape index (κ2) is 10.8. The number of aromatic carboxylic acids is 1. The van der Waals surface area contributed by atoms with Crippen LogP contribution in [0.5, 0.6) is 0 Å². The van der Waals surface area contributed by atoms with Crippen LogP contribution in [-0.4, -0.2) is 40.2 Å². The summed E-state index contributed by atoms with van der Waals surface area (Å²) in [6, 6.07) is 6.09. The first-order chi connectivity index (χ1) is 12.7. The zero-order chi connectivity index (χ0) is 20.4. The Morgan fingerprint density at radius 2 is 1.85 bits per heavy atom. The van der Waals surface area contributed by atoms with Crippen molar-refractivity contribution in [3.8, 4) is 0 Å². The van der Waals surface area contributed by atoms with E-state index in [9.17, 15) is 19.2 Å². The average Bonchev–Trinajstić information content (AvgIpc) is 2.57. The molecule has 0 heterocycles. The molecule has 0 spiro atoms. The second-order valence-corrected chi connectivity index (χ2v) is 6.43. The number of rotatable bonds is 9. The van der Waals surface area contributed by atoms with Crippen LogP contribution in [0.3, 0.4) is 0 Å². The number of benzene rings is 1. The molecular formula is C18H24N2O7. The highest BCUT2D eigenvalue weighted by Gasteiger charge is 2.17. The number of hydrogen-bond donors (Lipinski definition) is 4. The third-order valence-electron chi connectivity index (χ3n) is 3.61. The van der Waals surface area contributed by atoms with Gasteiger partial charge in [0.2, 0.25) is 0 Å². The van der Waals surface area contributed by atoms with Crippen molar-refractivity contribution in [3.05, 3.63) is 35.4 Å². The number of carboxylic acids is 2. The maximum absolute atomic E-state index is 11.8. The van der Waals surface area contributed by atoms with Crippen LogP contribution in [0.25, 0.3) is 0 Å². The van der Waals surface area contributed by atoms with E-state index < -0.39 is 23.9 Å². The summed E-state index contributed by atoms with van der Waals surface area (Å²) in [5.74, 6) is -3.00. The molecule has 0 radical (unpaired) electrons. The second-order valence-electron chi connectivity index (χ2n) is 6.43. The molecular weight excluding hydrogens is 356 g/mol. The van der Waals surface area contributed by atoms with Crippen LogP contribution in [0, 0.1) is 5.92 Å². The Morgan fingerprint density at radius 3 is 2.44 bits per heavy atom. The highest BCUT2D eigenvalue weighted by atomic mass is 16.7. The molecule has 0 saturated carbocycles. The molecule has 148 valence electrons. The molecule has 1 atom stereocenters. The first-order valence-electron chi connectivity index (χ1n) is 8.47. The van der Waals surface area contributed by atoms with Crippen molar-refractivity contribution in [2.24, 2.45) is 5.92 Å². The van der Waals surface area contributed by atoms with Crippen LogP contribution in [-0.2, 0) is 20.8 Å². The van der Waals surface area contributed by atoms with Gasteiger partial charge in [-0.1, -0.05) is 12.1 Å². The molecule has 0 aliphatic heterocycles. The molecule has 1 aromatic rings. The maximum atomic E-state index is 11.8. The van der Waals surface area contributed by atoms with E-state index in [0.29, 0.717) is 12.0 Å². The maximum Gasteiger partial charge on any atom is 0.431 e. The molecule has 0 saturated heterocycles. The van der Waals surface area contributed by atoms with Gasteiger partial charge in [-0.25, -0.2) is 9.59 Å². The van der Waals surface area contributed by atoms with Gasteiger partial charge >= 0.3 is 18.0 Å². The molecule has 0 bridgehead atoms. The third-order valence-corrected chi connectivity index (χ3v) is 3.61. The first-order valence-corrected chi connectivity index (χ1v) is 8.47. The minimum atomic E-state index is -1.07. The van der Waals surface area contributed by atoms with Gasteiger partial charge < -0.3 is 20.4 Å². The van der Waals surface area contributed by atoms with Crippen LogP contribution in [0.15, 0.2) is 24.3 Å². The van der Waals surface area contributed by atoms with Gasteiger partial charge in [0.05, 0.1) is 5.56 Å². The largest absolute Gasteiger partial charge is 0.481 e. The minimum absolute atomic E-state index is 0.0362. The van der Waals surface area contributed by atoms with Crippen LogP contribution in [0.4, 0.5) is 4.79 Å². The van der Waals surface area contributed by atoms with Crippen molar-refractivity contribution >= 4 is 23.9 Å². The van der Waals surface area contributed by atoms with Gasteiger partial charge in [-0.15, -0.1) is 0 Å². The Bertz CT molecular complexity index is 688. The number of carbonyl (C=O) groups excluding carboxylic acids is 2. The van der Waals surface area contributed by atoms with Gasteiger partial charge in [-0.3, -0.25) is 9.59 Å². The topological polar surface area (TPSA) is 142 Å². The summed E-state index contributed by atoms with van der Waals surface area (Å²) in [7, 11) is 0. The Morgan fingerprint density at radius 1 is 1.15 bits per heavy atom. The van der Waals surface area contributed by atoms with E-state index in [2.05, 4.69) is 10.2 Å². The van der Waals surface area contributed by atoms with Gasteiger partial charge in [0.15, 0.2) is 0 Å². The molecule has 27 heavy (non-hydrogen) atoms. The summed E-state index contributed by atoms with van der Waals surface area (Å²) in [5.41, 5.74) is 2.80. The molecule has 2 amide bonds. The van der Waals surface area contributed by atoms with Gasteiger partial charge in [0, 0.05) is 18.9 Å². The van der Waals surface area contributed by atoms with Gasteiger partial charge in [-0.2, -0.15) is 5.48 Å². The van der Waals surface area contributed by atoms with Gasteiger partial charge in [0.1, 0.15) is 0 Å². The van der Waals surface area contributed by atoms with E-state index >= 15 is 0 Å². The highest BCUT2D eigenvalue weighted by Crippen LogP contribution is 2.19. The van der Waals surface area contributed by atoms with E-state index in [1.165, 1.54) is 12.1 Å². The molecule has 0 aliphatic carbocycles. The van der Waals surface area contributed by atoms with E-state index in [1.54, 1.807) is 26.0 Å². The number of hydroxylamine groups is 1. The van der Waals surface area contributed by atoms with Crippen molar-refractivity contribution in [2.75, 3.05) is 0 Å². The molecule has 9 heteroatoms. The summed E-state index contributed by atoms with van der Waals surface area (Å²) in [5, 5.41) is 20.5. The average molecular weight is 380 g/mol. The molecule has 1 aromatic carbocycles. The van der Waals surface area contributed by atoms with Crippen LogP contribution in [0.1, 0.15) is 49.0 Å². The fourth-order valence-electron chi connectivity index (χ4n) is 2.44. The van der Waals surface area contributed by atoms with E-state index in [4.69, 9.17) is 10.2 Å². The fraction of sp³-hybridized carbons (Fsp3) is 0.444. The smallest absolute Gasteiger partial charge is 0.431 e. The lowest BCUT2D eigenvalue weighted by Gasteiger charge is -2.15. The van der Waals surface area contributed by atoms with Crippen LogP contribution >= 0.6 is 0 Å². The first kappa shape index (κ1) is 21.9. The Balaban J connectivity index is 2.58. The number of nitrogens with one attached hydrogen (secondary N) is 2. The Kier molecular flexibility index (Phi) is 8.77. The van der Waals surface area contributed by atoms with Gasteiger partial charge in [-0.05, 0) is 50.3 Å². The monoisotopic (exact) mass is 380 g/mol. The van der Waals surface area contributed by atoms with Crippen molar-refractivity contribution in [1.82, 2.24) is 10.8 Å². The lowest BCUT2D eigenvalue weighted by Crippen LogP contribution is -2.37. The normalized spacial score (nSPS) is 11.5. The zero-order valence-corrected chi connectivity index (χ0v) is 15.2. The van der Waals surface area contributed by atoms with Crippen molar-refractivity contribution in [2.45, 2.75) is 45.6 Å². The van der Waals surface area contributed by atoms with Crippen molar-refractivity contribution < 1.29 is 34.2 Å². The molecule has 4 N–H and O–H groups in total. The zero-order valence-electron chi connectivity index (χ0n) is 15.2. The lowest BCUT2D eigenvalue weighted by molar-refractivity contribution is -0.138. The van der Waals surface area contributed by atoms with E-state index in [1.807, 2.05) is 5.48 Å². The van der Waals surface area contributed by atoms with Crippen LogP contribution in [0.2, 0.25) is 0 Å². The quantitative estimate of drug-likeness (QED) is 0.480. The van der Waals surface area contributed by atoms with E-state index in [0.717, 1.165) is 0 Å². The SMILES string of the molecule is CC(C)NC(=O)ONC(=O)CCC(CC(=O)O)Cc1cccc(C(=O)O)c1. The summed E-state index contributed by atoms with van der Waals surface area (Å²) in [6.45, 7) is 3.47. The van der Waals surface area contributed by atoms with E-state index in [-0.39, 0.29) is 36.8 Å². The number of carbonyl (C=O) groups is 4. The molecule has 1 unspecified atom stereocenters. The fourth-order valence-corrected chi connectivity index (χ4v) is 2.44. The number of carboxylic acid groups (broad SMARTS) is 2. The molecule has 1 rings (SSSR count).